The van der Waals surface area contributed by atoms with E-state index in [0.717, 1.165) is 5.43 Å². The number of furan rings is 1. The number of fused-ring (bicyclic) bond motifs is 2. The van der Waals surface area contributed by atoms with Crippen LogP contribution in [-0.2, 0) is 11.2 Å². The molecule has 0 saturated carbocycles. The molecular weight excluding hydrogens is 527 g/mol. The van der Waals surface area contributed by atoms with Gasteiger partial charge in [0.15, 0.2) is 5.75 Å². The molecule has 14 heteroatoms. The van der Waals surface area contributed by atoms with E-state index in [9.17, 15) is 40.3 Å². The molecule has 0 spiro atoms. The highest BCUT2D eigenvalue weighted by molar-refractivity contribution is 6.06. The van der Waals surface area contributed by atoms with Crippen molar-refractivity contribution in [3.05, 3.63) is 58.7 Å². The Labute approximate surface area is 209 Å². The number of ether oxygens (including phenoxy) is 1. The molecule has 1 aromatic carbocycles. The van der Waals surface area contributed by atoms with Crippen molar-refractivity contribution in [1.82, 2.24) is 10.4 Å². The lowest BCUT2D eigenvalue weighted by Gasteiger charge is -2.26. The van der Waals surface area contributed by atoms with E-state index in [1.165, 1.54) is 13.0 Å². The number of hydrazone groups is 1. The molecule has 0 atom stereocenters. The fourth-order valence-electron chi connectivity index (χ4n) is 3.93. The lowest BCUT2D eigenvalue weighted by Crippen LogP contribution is -2.58. The van der Waals surface area contributed by atoms with Gasteiger partial charge in [-0.1, -0.05) is 18.2 Å². The van der Waals surface area contributed by atoms with Crippen LogP contribution in [0.3, 0.4) is 0 Å². The number of pyridine rings is 1. The summed E-state index contributed by atoms with van der Waals surface area (Å²) in [6, 6.07) is 8.49. The number of hydrogen-bond donors (Lipinski definition) is 1. The van der Waals surface area contributed by atoms with Crippen molar-refractivity contribution < 1.29 is 49.5 Å². The molecule has 1 aliphatic carbocycles. The number of amides is 1. The minimum absolute atomic E-state index is 0.0237. The number of nitrogens with zero attached hydrogens (tertiary/aromatic N) is 2. The third-order valence-electron chi connectivity index (χ3n) is 5.86. The first-order valence-corrected chi connectivity index (χ1v) is 11.1. The molecule has 2 aromatic heterocycles. The minimum atomic E-state index is -6.67. The topological polar surface area (TPSA) is 93.8 Å². The molecule has 1 aliphatic rings. The zero-order chi connectivity index (χ0) is 28.0. The highest BCUT2D eigenvalue weighted by Crippen LogP contribution is 2.46. The molecule has 1 N–H and O–H groups in total. The number of para-hydroxylation sites is 1. The molecule has 0 aliphatic heterocycles. The summed E-state index contributed by atoms with van der Waals surface area (Å²) in [5.74, 6) is -16.6. The summed E-state index contributed by atoms with van der Waals surface area (Å²) in [6.45, 7) is 3.17. The second-order valence-corrected chi connectivity index (χ2v) is 8.52. The van der Waals surface area contributed by atoms with Crippen LogP contribution in [-0.4, -0.2) is 40.6 Å². The average molecular weight is 545 g/mol. The van der Waals surface area contributed by atoms with Gasteiger partial charge in [-0.2, -0.15) is 35.8 Å². The Bertz CT molecular complexity index is 1460. The van der Waals surface area contributed by atoms with Crippen molar-refractivity contribution in [2.75, 3.05) is 0 Å². The van der Waals surface area contributed by atoms with Crippen molar-refractivity contribution in [2.45, 2.75) is 51.1 Å². The summed E-state index contributed by atoms with van der Waals surface area (Å²) in [4.78, 5) is 28.9. The largest absolute Gasteiger partial charge is 0.460 e. The maximum absolute atomic E-state index is 13.6. The van der Waals surface area contributed by atoms with Crippen molar-refractivity contribution in [3.63, 3.8) is 0 Å². The van der Waals surface area contributed by atoms with Crippen LogP contribution in [0.1, 0.15) is 46.0 Å². The SMILES string of the molecule is Cc1ccc2cccc(OC(=O)c3oc4c(c3C)/C(=N/NC(=O)C(F)(F)C(F)(F)C(F)(F)F)CCC4)c2n1. The Morgan fingerprint density at radius 3 is 2.42 bits per heavy atom. The summed E-state index contributed by atoms with van der Waals surface area (Å²) in [5.41, 5.74) is 2.31. The van der Waals surface area contributed by atoms with Gasteiger partial charge in [0.25, 0.3) is 0 Å². The monoisotopic (exact) mass is 545 g/mol. The molecule has 4 rings (SSSR count). The zero-order valence-electron chi connectivity index (χ0n) is 19.7. The van der Waals surface area contributed by atoms with Crippen LogP contribution in [0.15, 0.2) is 39.9 Å². The first-order chi connectivity index (χ1) is 17.6. The number of halogens is 7. The van der Waals surface area contributed by atoms with E-state index >= 15 is 0 Å². The quantitative estimate of drug-likeness (QED) is 0.194. The van der Waals surface area contributed by atoms with Gasteiger partial charge < -0.3 is 9.15 Å². The van der Waals surface area contributed by atoms with Crippen molar-refractivity contribution in [1.29, 1.82) is 0 Å². The van der Waals surface area contributed by atoms with Crippen LogP contribution < -0.4 is 10.2 Å². The first-order valence-electron chi connectivity index (χ1n) is 11.1. The van der Waals surface area contributed by atoms with E-state index in [-0.39, 0.29) is 47.0 Å². The first kappa shape index (κ1) is 27.1. The van der Waals surface area contributed by atoms with Gasteiger partial charge in [0.05, 0.1) is 5.71 Å². The van der Waals surface area contributed by atoms with Gasteiger partial charge >= 0.3 is 29.9 Å². The number of aryl methyl sites for hydroxylation is 2. The van der Waals surface area contributed by atoms with Crippen molar-refractivity contribution >= 4 is 28.5 Å². The molecule has 2 heterocycles. The number of esters is 1. The highest BCUT2D eigenvalue weighted by Gasteiger charge is 2.76. The predicted molar refractivity (Wildman–Crippen MR) is 118 cm³/mol. The third kappa shape index (κ3) is 4.58. The summed E-state index contributed by atoms with van der Waals surface area (Å²) < 4.78 is 102. The molecule has 202 valence electrons. The molecular formula is C24H18F7N3O4. The Hall–Kier alpha value is -3.97. The molecule has 0 bridgehead atoms. The van der Waals surface area contributed by atoms with E-state index in [1.807, 2.05) is 0 Å². The molecule has 0 fully saturated rings. The molecule has 3 aromatic rings. The second-order valence-electron chi connectivity index (χ2n) is 8.52. The van der Waals surface area contributed by atoms with E-state index in [1.54, 1.807) is 31.2 Å². The highest BCUT2D eigenvalue weighted by atomic mass is 19.4. The molecule has 0 saturated heterocycles. The fraction of sp³-hybridized carbons (Fsp3) is 0.333. The molecule has 0 radical (unpaired) electrons. The maximum atomic E-state index is 13.6. The number of nitrogens with one attached hydrogen (secondary N) is 1. The Kier molecular flexibility index (Phi) is 6.70. The number of aromatic nitrogens is 1. The number of alkyl halides is 7. The predicted octanol–water partition coefficient (Wildman–Crippen LogP) is 5.65. The minimum Gasteiger partial charge on any atom is -0.453 e. The zero-order valence-corrected chi connectivity index (χ0v) is 19.7. The van der Waals surface area contributed by atoms with E-state index < -0.39 is 29.9 Å². The molecule has 1 amide bonds. The second kappa shape index (κ2) is 9.40. The standard InChI is InChI=1S/C24H18F7N3O4/c1-11-9-10-13-5-3-8-16(18(13)32-11)38-20(35)19-12(2)17-14(6-4-7-15(17)37-19)33-34-21(36)22(25,26)23(27,28)24(29,30)31/h3,5,8-10H,4,6-7H2,1-2H3,(H,34,36)/b33-14+. The summed E-state index contributed by atoms with van der Waals surface area (Å²) in [6.07, 6.45) is -6.08. The number of benzene rings is 1. The molecule has 0 unspecified atom stereocenters. The van der Waals surface area contributed by atoms with Gasteiger partial charge in [-0.15, -0.1) is 0 Å². The fourth-order valence-corrected chi connectivity index (χ4v) is 3.93. The normalized spacial score (nSPS) is 15.4. The lowest BCUT2D eigenvalue weighted by molar-refractivity contribution is -0.344. The lowest BCUT2D eigenvalue weighted by atomic mass is 9.93. The van der Waals surface area contributed by atoms with Gasteiger partial charge in [0.2, 0.25) is 5.76 Å². The van der Waals surface area contributed by atoms with Crippen LogP contribution >= 0.6 is 0 Å². The number of carbonyl (C=O) groups excluding carboxylic acids is 2. The molecule has 7 nitrogen and oxygen atoms in total. The van der Waals surface area contributed by atoms with Gasteiger partial charge in [0, 0.05) is 28.6 Å². The van der Waals surface area contributed by atoms with Crippen molar-refractivity contribution in [2.24, 2.45) is 5.10 Å². The third-order valence-corrected chi connectivity index (χ3v) is 5.86. The van der Waals surface area contributed by atoms with E-state index in [2.05, 4.69) is 10.1 Å². The number of carbonyl (C=O) groups is 2. The van der Waals surface area contributed by atoms with Gasteiger partial charge in [0.1, 0.15) is 11.3 Å². The Morgan fingerprint density at radius 2 is 1.74 bits per heavy atom. The van der Waals surface area contributed by atoms with Crippen LogP contribution in [0, 0.1) is 13.8 Å². The average Bonchev–Trinajstić information content (AvgIpc) is 3.19. The number of hydrogen-bond acceptors (Lipinski definition) is 6. The van der Waals surface area contributed by atoms with Gasteiger partial charge in [-0.3, -0.25) is 4.79 Å². The van der Waals surface area contributed by atoms with Crippen LogP contribution in [0.5, 0.6) is 5.75 Å². The summed E-state index contributed by atoms with van der Waals surface area (Å²) in [5, 5.41) is 4.07. The van der Waals surface area contributed by atoms with Gasteiger partial charge in [-0.25, -0.2) is 15.2 Å². The van der Waals surface area contributed by atoms with Crippen LogP contribution in [0.2, 0.25) is 0 Å². The van der Waals surface area contributed by atoms with Crippen LogP contribution in [0.4, 0.5) is 30.7 Å². The van der Waals surface area contributed by atoms with Crippen LogP contribution in [0.25, 0.3) is 10.9 Å². The Morgan fingerprint density at radius 1 is 1.03 bits per heavy atom. The molecule has 38 heavy (non-hydrogen) atoms. The smallest absolute Gasteiger partial charge is 0.453 e. The Balaban J connectivity index is 1.61. The van der Waals surface area contributed by atoms with E-state index in [4.69, 9.17) is 9.15 Å². The van der Waals surface area contributed by atoms with Gasteiger partial charge in [-0.05, 0) is 38.8 Å². The maximum Gasteiger partial charge on any atom is 0.460 e. The van der Waals surface area contributed by atoms with E-state index in [0.29, 0.717) is 23.0 Å². The summed E-state index contributed by atoms with van der Waals surface area (Å²) in [7, 11) is 0. The number of rotatable bonds is 5. The van der Waals surface area contributed by atoms with Crippen molar-refractivity contribution in [3.8, 4) is 5.75 Å². The summed E-state index contributed by atoms with van der Waals surface area (Å²) >= 11 is 0.